The van der Waals surface area contributed by atoms with Gasteiger partial charge in [0, 0.05) is 38.1 Å². The Hall–Kier alpha value is -3.69. The number of carbonyl (C=O) groups is 2. The van der Waals surface area contributed by atoms with Crippen molar-refractivity contribution in [3.05, 3.63) is 53.7 Å². The van der Waals surface area contributed by atoms with Gasteiger partial charge in [-0.25, -0.2) is 14.2 Å². The highest BCUT2D eigenvalue weighted by Gasteiger charge is 2.45. The smallest absolute Gasteiger partial charge is 0.407 e. The number of halogens is 1. The summed E-state index contributed by atoms with van der Waals surface area (Å²) >= 11 is 0. The number of fused-ring (bicyclic) bond motifs is 1. The molecule has 1 aliphatic carbocycles. The van der Waals surface area contributed by atoms with Crippen LogP contribution >= 0.6 is 0 Å². The van der Waals surface area contributed by atoms with E-state index >= 15 is 0 Å². The van der Waals surface area contributed by atoms with Crippen molar-refractivity contribution in [1.82, 2.24) is 20.8 Å². The molecule has 5 rings (SSSR count). The van der Waals surface area contributed by atoms with Crippen LogP contribution in [0, 0.1) is 17.2 Å². The third-order valence-corrected chi connectivity index (χ3v) is 7.13. The Balaban J connectivity index is 1.03. The summed E-state index contributed by atoms with van der Waals surface area (Å²) in [5, 5.41) is 9.71. The highest BCUT2D eigenvalue weighted by molar-refractivity contribution is 5.91. The summed E-state index contributed by atoms with van der Waals surface area (Å²) in [6.45, 7) is 2.37. The molecule has 9 nitrogen and oxygen atoms in total. The second-order valence-electron chi connectivity index (χ2n) is 9.48. The molecule has 0 radical (unpaired) electrons. The van der Waals surface area contributed by atoms with Gasteiger partial charge >= 0.3 is 6.09 Å². The van der Waals surface area contributed by atoms with Gasteiger partial charge in [-0.3, -0.25) is 4.79 Å². The van der Waals surface area contributed by atoms with Crippen molar-refractivity contribution >= 4 is 28.7 Å². The van der Waals surface area contributed by atoms with Gasteiger partial charge in [0.15, 0.2) is 18.1 Å². The second-order valence-corrected chi connectivity index (χ2v) is 9.48. The number of hydrogen-bond donors (Lipinski definition) is 2. The molecule has 0 atom stereocenters. The zero-order chi connectivity index (χ0) is 24.4. The maximum atomic E-state index is 13.4. The molecule has 1 spiro atoms. The molecule has 184 valence electrons. The first-order valence-electron chi connectivity index (χ1n) is 11.8. The van der Waals surface area contributed by atoms with Gasteiger partial charge in [0.05, 0.1) is 5.52 Å². The van der Waals surface area contributed by atoms with Crippen molar-refractivity contribution in [2.24, 2.45) is 11.3 Å². The number of carbonyl (C=O) groups excluding carboxylic acids is 2. The molecule has 35 heavy (non-hydrogen) atoms. The van der Waals surface area contributed by atoms with Crippen LogP contribution in [0.3, 0.4) is 0 Å². The van der Waals surface area contributed by atoms with E-state index in [-0.39, 0.29) is 24.0 Å². The molecule has 2 aliphatic rings. The molecule has 3 aromatic rings. The standard InChI is InChI=1S/C25H28FN5O4/c1-27-23(32)21-11-19(35-30-21)15-34-24(33)28-14-16-12-25(13-16)6-8-31(9-7-25)22-5-2-17-10-18(26)3-4-20(17)29-22/h2-5,10-11,16H,6-9,12-15H2,1H3,(H,27,32)(H,28,33). The average molecular weight is 482 g/mol. The maximum Gasteiger partial charge on any atom is 0.407 e. The topological polar surface area (TPSA) is 110 Å². The minimum absolute atomic E-state index is 0.0853. The molecule has 0 bridgehead atoms. The highest BCUT2D eigenvalue weighted by Crippen LogP contribution is 2.52. The number of anilines is 1. The van der Waals surface area contributed by atoms with Gasteiger partial charge in [-0.15, -0.1) is 0 Å². The Morgan fingerprint density at radius 3 is 2.77 bits per heavy atom. The minimum Gasteiger partial charge on any atom is -0.441 e. The van der Waals surface area contributed by atoms with Gasteiger partial charge in [-0.1, -0.05) is 5.16 Å². The van der Waals surface area contributed by atoms with Crippen molar-refractivity contribution in [2.45, 2.75) is 32.3 Å². The van der Waals surface area contributed by atoms with Gasteiger partial charge in [-0.2, -0.15) is 0 Å². The number of nitrogens with zero attached hydrogens (tertiary/aromatic N) is 3. The molecule has 1 saturated heterocycles. The quantitative estimate of drug-likeness (QED) is 0.553. The Kier molecular flexibility index (Phi) is 6.27. The summed E-state index contributed by atoms with van der Waals surface area (Å²) in [5.74, 6) is 1.07. The number of alkyl carbamates (subject to hydrolysis) is 1. The van der Waals surface area contributed by atoms with Crippen molar-refractivity contribution < 1.29 is 23.2 Å². The number of aromatic nitrogens is 2. The molecule has 3 heterocycles. The molecule has 1 aliphatic heterocycles. The first-order valence-corrected chi connectivity index (χ1v) is 11.8. The summed E-state index contributed by atoms with van der Waals surface area (Å²) in [7, 11) is 1.50. The summed E-state index contributed by atoms with van der Waals surface area (Å²) < 4.78 is 23.6. The van der Waals surface area contributed by atoms with E-state index in [4.69, 9.17) is 14.2 Å². The van der Waals surface area contributed by atoms with Crippen LogP contribution in [0.5, 0.6) is 0 Å². The Labute approximate surface area is 202 Å². The molecule has 2 fully saturated rings. The zero-order valence-corrected chi connectivity index (χ0v) is 19.6. The fraction of sp³-hybridized carbons (Fsp3) is 0.440. The van der Waals surface area contributed by atoms with Crippen molar-refractivity contribution in [2.75, 3.05) is 31.6 Å². The molecule has 1 saturated carbocycles. The Morgan fingerprint density at radius 1 is 1.20 bits per heavy atom. The van der Waals surface area contributed by atoms with E-state index in [1.165, 1.54) is 25.2 Å². The normalized spacial score (nSPS) is 17.3. The third-order valence-electron chi connectivity index (χ3n) is 7.13. The lowest BCUT2D eigenvalue weighted by molar-refractivity contribution is 0.0271. The highest BCUT2D eigenvalue weighted by atomic mass is 19.1. The molecule has 10 heteroatoms. The van der Waals surface area contributed by atoms with E-state index in [1.54, 1.807) is 6.07 Å². The number of hydrogen-bond acceptors (Lipinski definition) is 7. The third kappa shape index (κ3) is 5.06. The first-order chi connectivity index (χ1) is 16.9. The lowest BCUT2D eigenvalue weighted by Crippen LogP contribution is -2.49. The monoisotopic (exact) mass is 481 g/mol. The summed E-state index contributed by atoms with van der Waals surface area (Å²) in [6.07, 6.45) is 3.85. The van der Waals surface area contributed by atoms with Crippen LogP contribution < -0.4 is 15.5 Å². The first kappa shape index (κ1) is 23.1. The van der Waals surface area contributed by atoms with E-state index in [2.05, 4.69) is 20.7 Å². The predicted molar refractivity (Wildman–Crippen MR) is 126 cm³/mol. The number of rotatable bonds is 6. The number of amides is 2. The van der Waals surface area contributed by atoms with Gasteiger partial charge in [0.25, 0.3) is 5.91 Å². The number of nitrogens with one attached hydrogen (secondary N) is 2. The largest absolute Gasteiger partial charge is 0.441 e. The van der Waals surface area contributed by atoms with Gasteiger partial charge in [-0.05, 0) is 67.3 Å². The van der Waals surface area contributed by atoms with E-state index < -0.39 is 6.09 Å². The van der Waals surface area contributed by atoms with Crippen LogP contribution in [-0.2, 0) is 11.3 Å². The van der Waals surface area contributed by atoms with Crippen LogP contribution in [0.15, 0.2) is 40.9 Å². The zero-order valence-electron chi connectivity index (χ0n) is 19.6. The fourth-order valence-corrected chi connectivity index (χ4v) is 5.22. The summed E-state index contributed by atoms with van der Waals surface area (Å²) in [5.41, 5.74) is 1.29. The molecule has 2 N–H and O–H groups in total. The second kappa shape index (κ2) is 9.52. The van der Waals surface area contributed by atoms with Crippen molar-refractivity contribution in [3.8, 4) is 0 Å². The Morgan fingerprint density at radius 2 is 2.00 bits per heavy atom. The molecular formula is C25H28FN5O4. The van der Waals surface area contributed by atoms with Crippen LogP contribution in [0.1, 0.15) is 41.9 Å². The maximum absolute atomic E-state index is 13.4. The van der Waals surface area contributed by atoms with Crippen molar-refractivity contribution in [3.63, 3.8) is 0 Å². The van der Waals surface area contributed by atoms with Gasteiger partial charge < -0.3 is 24.8 Å². The van der Waals surface area contributed by atoms with Crippen molar-refractivity contribution in [1.29, 1.82) is 0 Å². The molecule has 2 amide bonds. The Bertz CT molecular complexity index is 1230. The fourth-order valence-electron chi connectivity index (χ4n) is 5.22. The number of pyridine rings is 1. The molecular weight excluding hydrogens is 453 g/mol. The lowest BCUT2D eigenvalue weighted by atomic mass is 9.57. The van der Waals surface area contributed by atoms with Crippen LogP contribution in [0.2, 0.25) is 0 Å². The van der Waals surface area contributed by atoms with Crippen LogP contribution in [-0.4, -0.2) is 48.8 Å². The summed E-state index contributed by atoms with van der Waals surface area (Å²) in [4.78, 5) is 30.5. The van der Waals surface area contributed by atoms with Crippen LogP contribution in [0.4, 0.5) is 15.0 Å². The van der Waals surface area contributed by atoms with E-state index in [9.17, 15) is 14.0 Å². The van der Waals surface area contributed by atoms with E-state index in [0.29, 0.717) is 23.6 Å². The van der Waals surface area contributed by atoms with Gasteiger partial charge in [0.1, 0.15) is 11.6 Å². The number of piperidine rings is 1. The summed E-state index contributed by atoms with van der Waals surface area (Å²) in [6, 6.07) is 10.0. The lowest BCUT2D eigenvalue weighted by Gasteiger charge is -2.52. The number of ether oxygens (including phenoxy) is 1. The van der Waals surface area contributed by atoms with E-state index in [0.717, 1.165) is 55.5 Å². The molecule has 2 aromatic heterocycles. The number of benzene rings is 1. The minimum atomic E-state index is -0.513. The van der Waals surface area contributed by atoms with Crippen LogP contribution in [0.25, 0.3) is 10.9 Å². The van der Waals surface area contributed by atoms with E-state index in [1.807, 2.05) is 12.1 Å². The average Bonchev–Trinajstić information content (AvgIpc) is 3.33. The predicted octanol–water partition coefficient (Wildman–Crippen LogP) is 3.64. The SMILES string of the molecule is CNC(=O)c1cc(COC(=O)NCC2CC3(CCN(c4ccc5cc(F)ccc5n4)CC3)C2)on1. The molecule has 0 unspecified atom stereocenters. The van der Waals surface area contributed by atoms with Gasteiger partial charge in [0.2, 0.25) is 0 Å². The molecule has 1 aromatic carbocycles.